The largest absolute Gasteiger partial charge is 0.274 e. The van der Waals surface area contributed by atoms with Crippen LogP contribution in [0.25, 0.3) is 5.57 Å². The minimum Gasteiger partial charge on any atom is -0.173 e. The van der Waals surface area contributed by atoms with Gasteiger partial charge >= 0.3 is 0 Å². The maximum atomic E-state index is 12.7. The van der Waals surface area contributed by atoms with E-state index in [0.717, 1.165) is 5.57 Å². The number of hydrogen-bond acceptors (Lipinski definition) is 0. The summed E-state index contributed by atoms with van der Waals surface area (Å²) in [5, 5.41) is 0. The van der Waals surface area contributed by atoms with Crippen LogP contribution in [0.3, 0.4) is 0 Å². The Kier molecular flexibility index (Phi) is 4.22. The zero-order chi connectivity index (χ0) is 11.3. The van der Waals surface area contributed by atoms with Gasteiger partial charge in [0.15, 0.2) is 0 Å². The van der Waals surface area contributed by atoms with E-state index >= 15 is 0 Å². The van der Waals surface area contributed by atoms with Crippen LogP contribution in [0.4, 0.5) is 8.78 Å². The minimum atomic E-state index is -1.60. The van der Waals surface area contributed by atoms with Gasteiger partial charge in [0.2, 0.25) is 0 Å². The molecule has 0 aliphatic carbocycles. The Morgan fingerprint density at radius 3 is 2.20 bits per heavy atom. The average Bonchev–Trinajstić information content (AvgIpc) is 2.18. The van der Waals surface area contributed by atoms with Gasteiger partial charge in [-0.05, 0) is 25.8 Å². The van der Waals surface area contributed by atoms with Crippen molar-refractivity contribution in [3.63, 3.8) is 0 Å². The summed E-state index contributed by atoms with van der Waals surface area (Å²) in [7, 11) is 0. The van der Waals surface area contributed by atoms with Gasteiger partial charge in [-0.3, -0.25) is 0 Å². The molecule has 15 heavy (non-hydrogen) atoms. The van der Waals surface area contributed by atoms with Crippen molar-refractivity contribution >= 4 is 5.57 Å². The molecule has 0 atom stereocenters. The molecule has 0 aromatic heterocycles. The fraction of sp³-hybridized carbons (Fsp3) is 0.231. The molecular weight excluding hydrogens is 194 g/mol. The van der Waals surface area contributed by atoms with E-state index in [2.05, 4.69) is 0 Å². The standard InChI is InChI=1S/C13H14F2/c1-10(2)8-9-12(13(14)15)11-6-4-3-5-7-11/h3-8H,9H2,1-2H3. The quantitative estimate of drug-likeness (QED) is 0.634. The predicted octanol–water partition coefficient (Wildman–Crippen LogP) is 4.65. The van der Waals surface area contributed by atoms with E-state index in [1.807, 2.05) is 26.0 Å². The molecule has 0 aliphatic heterocycles. The Morgan fingerprint density at radius 1 is 1.13 bits per heavy atom. The summed E-state index contributed by atoms with van der Waals surface area (Å²) in [6.07, 6.45) is 0.495. The van der Waals surface area contributed by atoms with Crippen LogP contribution in [0.5, 0.6) is 0 Å². The first kappa shape index (κ1) is 11.6. The number of allylic oxidation sites excluding steroid dienone is 3. The lowest BCUT2D eigenvalue weighted by Crippen LogP contribution is -1.85. The summed E-state index contributed by atoms with van der Waals surface area (Å²) in [6, 6.07) is 8.75. The highest BCUT2D eigenvalue weighted by atomic mass is 19.3. The highest BCUT2D eigenvalue weighted by Gasteiger charge is 2.06. The molecule has 0 saturated heterocycles. The molecule has 0 unspecified atom stereocenters. The van der Waals surface area contributed by atoms with Gasteiger partial charge < -0.3 is 0 Å². The zero-order valence-corrected chi connectivity index (χ0v) is 8.93. The molecule has 1 aromatic rings. The zero-order valence-electron chi connectivity index (χ0n) is 8.93. The van der Waals surface area contributed by atoms with E-state index in [-0.39, 0.29) is 12.0 Å². The molecule has 0 amide bonds. The van der Waals surface area contributed by atoms with E-state index < -0.39 is 6.08 Å². The van der Waals surface area contributed by atoms with Crippen molar-refractivity contribution in [1.82, 2.24) is 0 Å². The van der Waals surface area contributed by atoms with Crippen molar-refractivity contribution in [3.8, 4) is 0 Å². The lowest BCUT2D eigenvalue weighted by atomic mass is 10.0. The molecule has 2 heteroatoms. The van der Waals surface area contributed by atoms with Crippen LogP contribution >= 0.6 is 0 Å². The minimum absolute atomic E-state index is 0.108. The molecule has 0 aliphatic rings. The van der Waals surface area contributed by atoms with E-state index in [1.165, 1.54) is 0 Å². The second kappa shape index (κ2) is 5.44. The van der Waals surface area contributed by atoms with Gasteiger partial charge in [-0.1, -0.05) is 42.0 Å². The van der Waals surface area contributed by atoms with Gasteiger partial charge in [-0.25, -0.2) is 0 Å². The summed E-state index contributed by atoms with van der Waals surface area (Å²) in [5.41, 5.74) is 1.75. The van der Waals surface area contributed by atoms with Crippen molar-refractivity contribution in [2.24, 2.45) is 0 Å². The maximum Gasteiger partial charge on any atom is 0.274 e. The number of halogens is 2. The lowest BCUT2D eigenvalue weighted by molar-refractivity contribution is 0.424. The molecule has 0 fully saturated rings. The highest BCUT2D eigenvalue weighted by molar-refractivity contribution is 5.67. The first-order valence-electron chi connectivity index (χ1n) is 4.84. The fourth-order valence-electron chi connectivity index (χ4n) is 1.25. The Hall–Kier alpha value is -1.44. The van der Waals surface area contributed by atoms with Crippen LogP contribution in [-0.4, -0.2) is 0 Å². The number of benzene rings is 1. The Balaban J connectivity index is 2.97. The third-order valence-corrected chi connectivity index (χ3v) is 2.06. The smallest absolute Gasteiger partial charge is 0.173 e. The van der Waals surface area contributed by atoms with Crippen molar-refractivity contribution in [2.75, 3.05) is 0 Å². The van der Waals surface area contributed by atoms with Crippen LogP contribution in [0, 0.1) is 0 Å². The Morgan fingerprint density at radius 2 is 1.73 bits per heavy atom. The van der Waals surface area contributed by atoms with Crippen LogP contribution in [0.1, 0.15) is 25.8 Å². The SMILES string of the molecule is CC(C)=CCC(=C(F)F)c1ccccc1. The van der Waals surface area contributed by atoms with E-state index in [4.69, 9.17) is 0 Å². The first-order chi connectivity index (χ1) is 7.11. The molecule has 0 heterocycles. The molecule has 0 bridgehead atoms. The second-order valence-electron chi connectivity index (χ2n) is 3.59. The van der Waals surface area contributed by atoms with Crippen molar-refractivity contribution in [1.29, 1.82) is 0 Å². The number of hydrogen-bond donors (Lipinski definition) is 0. The van der Waals surface area contributed by atoms with Gasteiger partial charge in [0.1, 0.15) is 0 Å². The molecule has 80 valence electrons. The van der Waals surface area contributed by atoms with Crippen LogP contribution in [-0.2, 0) is 0 Å². The van der Waals surface area contributed by atoms with Gasteiger partial charge in [-0.2, -0.15) is 8.78 Å². The average molecular weight is 208 g/mol. The fourth-order valence-corrected chi connectivity index (χ4v) is 1.25. The maximum absolute atomic E-state index is 12.7. The topological polar surface area (TPSA) is 0 Å². The molecule has 0 spiro atoms. The summed E-state index contributed by atoms with van der Waals surface area (Å²) in [5.74, 6) is 0. The molecular formula is C13H14F2. The third-order valence-electron chi connectivity index (χ3n) is 2.06. The van der Waals surface area contributed by atoms with E-state index in [1.54, 1.807) is 24.3 Å². The molecule has 1 aromatic carbocycles. The first-order valence-corrected chi connectivity index (χ1v) is 4.84. The summed E-state index contributed by atoms with van der Waals surface area (Å²) >= 11 is 0. The van der Waals surface area contributed by atoms with Gasteiger partial charge in [0.25, 0.3) is 6.08 Å². The predicted molar refractivity (Wildman–Crippen MR) is 59.6 cm³/mol. The Labute approximate surface area is 88.9 Å². The van der Waals surface area contributed by atoms with Gasteiger partial charge in [0, 0.05) is 5.57 Å². The van der Waals surface area contributed by atoms with E-state index in [0.29, 0.717) is 5.56 Å². The van der Waals surface area contributed by atoms with E-state index in [9.17, 15) is 8.78 Å². The summed E-state index contributed by atoms with van der Waals surface area (Å²) in [4.78, 5) is 0. The third kappa shape index (κ3) is 3.66. The molecule has 0 N–H and O–H groups in total. The second-order valence-corrected chi connectivity index (χ2v) is 3.59. The van der Waals surface area contributed by atoms with Gasteiger partial charge in [0.05, 0.1) is 0 Å². The monoisotopic (exact) mass is 208 g/mol. The van der Waals surface area contributed by atoms with Crippen molar-refractivity contribution in [3.05, 3.63) is 53.6 Å². The van der Waals surface area contributed by atoms with Gasteiger partial charge in [-0.15, -0.1) is 0 Å². The van der Waals surface area contributed by atoms with Crippen molar-refractivity contribution < 1.29 is 8.78 Å². The molecule has 0 saturated carbocycles. The molecule has 1 rings (SSSR count). The molecule has 0 nitrogen and oxygen atoms in total. The summed E-state index contributed by atoms with van der Waals surface area (Å²) in [6.45, 7) is 3.80. The summed E-state index contributed by atoms with van der Waals surface area (Å²) < 4.78 is 25.4. The normalized spacial score (nSPS) is 9.60. The van der Waals surface area contributed by atoms with Crippen LogP contribution in [0.15, 0.2) is 48.1 Å². The van der Waals surface area contributed by atoms with Crippen molar-refractivity contribution in [2.45, 2.75) is 20.3 Å². The molecule has 0 radical (unpaired) electrons. The lowest BCUT2D eigenvalue weighted by Gasteiger charge is -2.03. The number of rotatable bonds is 3. The van der Waals surface area contributed by atoms with Crippen LogP contribution < -0.4 is 0 Å². The Bertz CT molecular complexity index is 367. The highest BCUT2D eigenvalue weighted by Crippen LogP contribution is 2.24. The van der Waals surface area contributed by atoms with Crippen LogP contribution in [0.2, 0.25) is 0 Å².